The van der Waals surface area contributed by atoms with Crippen LogP contribution < -0.4 is 4.31 Å². The molecule has 0 aliphatic carbocycles. The lowest BCUT2D eigenvalue weighted by atomic mass is 10.2. The molecule has 3 rings (SSSR count). The van der Waals surface area contributed by atoms with Crippen LogP contribution in [0.3, 0.4) is 0 Å². The lowest BCUT2D eigenvalue weighted by molar-refractivity contribution is -0.142. The summed E-state index contributed by atoms with van der Waals surface area (Å²) in [6.07, 6.45) is 3.38. The van der Waals surface area contributed by atoms with Crippen LogP contribution in [0.2, 0.25) is 0 Å². The normalized spacial score (nSPS) is 12.4. The highest BCUT2D eigenvalue weighted by Crippen LogP contribution is 2.29. The van der Waals surface area contributed by atoms with Crippen LogP contribution in [0.1, 0.15) is 18.9 Å². The summed E-state index contributed by atoms with van der Waals surface area (Å²) in [6, 6.07) is 10.7. The first kappa shape index (κ1) is 21.5. The van der Waals surface area contributed by atoms with Gasteiger partial charge in [0.25, 0.3) is 10.0 Å². The number of hydrogen-bond donors (Lipinski definition) is 0. The molecular weight excluding hydrogens is 409 g/mol. The topological polar surface area (TPSA) is 81.5 Å². The monoisotopic (exact) mass is 431 g/mol. The molecule has 7 nitrogen and oxygen atoms in total. The zero-order valence-electron chi connectivity index (χ0n) is 16.8. The van der Waals surface area contributed by atoms with E-state index in [2.05, 4.69) is 5.10 Å². The molecule has 0 aliphatic heterocycles. The maximum absolute atomic E-state index is 14.8. The van der Waals surface area contributed by atoms with Crippen LogP contribution in [0.4, 0.5) is 10.1 Å². The highest BCUT2D eigenvalue weighted by Gasteiger charge is 2.36. The average molecular weight is 431 g/mol. The van der Waals surface area contributed by atoms with E-state index in [9.17, 15) is 17.6 Å². The fourth-order valence-corrected chi connectivity index (χ4v) is 4.81. The van der Waals surface area contributed by atoms with Crippen molar-refractivity contribution in [3.8, 4) is 5.69 Å². The molecule has 1 heterocycles. The number of aryl methyl sites for hydroxylation is 1. The second kappa shape index (κ2) is 8.66. The van der Waals surface area contributed by atoms with Gasteiger partial charge in [-0.25, -0.2) is 22.3 Å². The number of benzene rings is 2. The molecule has 0 unspecified atom stereocenters. The summed E-state index contributed by atoms with van der Waals surface area (Å²) < 4.78 is 48.9. The van der Waals surface area contributed by atoms with Crippen LogP contribution in [0.25, 0.3) is 5.69 Å². The van der Waals surface area contributed by atoms with Gasteiger partial charge in [-0.05, 0) is 49.2 Å². The number of carbonyl (C=O) groups excluding carboxylic acids is 1. The Labute approximate surface area is 174 Å². The first-order chi connectivity index (χ1) is 14.3. The zero-order valence-corrected chi connectivity index (χ0v) is 17.6. The maximum Gasteiger partial charge on any atom is 0.329 e. The van der Waals surface area contributed by atoms with Crippen molar-refractivity contribution in [3.63, 3.8) is 0 Å². The van der Waals surface area contributed by atoms with Crippen molar-refractivity contribution in [2.75, 3.05) is 11.4 Å². The van der Waals surface area contributed by atoms with Gasteiger partial charge in [-0.3, -0.25) is 4.31 Å². The number of hydrogen-bond acceptors (Lipinski definition) is 5. The van der Waals surface area contributed by atoms with Crippen LogP contribution in [0, 0.1) is 12.7 Å². The van der Waals surface area contributed by atoms with Crippen molar-refractivity contribution in [2.24, 2.45) is 0 Å². The molecule has 0 radical (unpaired) electrons. The molecule has 158 valence electrons. The fraction of sp³-hybridized carbons (Fsp3) is 0.238. The Morgan fingerprint density at radius 3 is 2.47 bits per heavy atom. The molecule has 0 spiro atoms. The summed E-state index contributed by atoms with van der Waals surface area (Å²) in [6.45, 7) is 3.49. The molecule has 0 aliphatic rings. The standard InChI is InChI=1S/C21H22FN3O4S/c1-4-19(21(26)29-3)25(16-8-6-5-7-9-16)30(27,28)17-10-11-20(18(22)12-17)24-14-15(2)13-23-24/h5-14,19H,4H2,1-3H3/t19-/m1/s1. The van der Waals surface area contributed by atoms with E-state index in [1.807, 2.05) is 6.92 Å². The number of esters is 1. The summed E-state index contributed by atoms with van der Waals surface area (Å²) in [5, 5.41) is 4.05. The highest BCUT2D eigenvalue weighted by atomic mass is 32.2. The van der Waals surface area contributed by atoms with Gasteiger partial charge < -0.3 is 4.74 Å². The van der Waals surface area contributed by atoms with E-state index in [-0.39, 0.29) is 22.7 Å². The Hall–Kier alpha value is -3.20. The van der Waals surface area contributed by atoms with Crippen molar-refractivity contribution in [1.29, 1.82) is 0 Å². The molecular formula is C21H22FN3O4S. The number of rotatable bonds is 7. The Bertz CT molecular complexity index is 1150. The molecule has 0 saturated heterocycles. The van der Waals surface area contributed by atoms with E-state index >= 15 is 0 Å². The van der Waals surface area contributed by atoms with Crippen LogP contribution in [0.5, 0.6) is 0 Å². The van der Waals surface area contributed by atoms with E-state index in [1.165, 1.54) is 23.9 Å². The van der Waals surface area contributed by atoms with Gasteiger partial charge in [0.05, 0.1) is 23.9 Å². The van der Waals surface area contributed by atoms with Gasteiger partial charge in [-0.2, -0.15) is 5.10 Å². The number of para-hydroxylation sites is 1. The second-order valence-electron chi connectivity index (χ2n) is 6.66. The Morgan fingerprint density at radius 1 is 1.23 bits per heavy atom. The molecule has 3 aromatic rings. The predicted octanol–water partition coefficient (Wildman–Crippen LogP) is 3.47. The third kappa shape index (κ3) is 4.06. The van der Waals surface area contributed by atoms with Crippen LogP contribution >= 0.6 is 0 Å². The van der Waals surface area contributed by atoms with Gasteiger partial charge in [0.15, 0.2) is 0 Å². The first-order valence-electron chi connectivity index (χ1n) is 9.28. The molecule has 0 bridgehead atoms. The van der Waals surface area contributed by atoms with Gasteiger partial charge in [-0.1, -0.05) is 25.1 Å². The molecule has 1 atom stereocenters. The third-order valence-corrected chi connectivity index (χ3v) is 6.42. The molecule has 1 aromatic heterocycles. The number of ether oxygens (including phenoxy) is 1. The lowest BCUT2D eigenvalue weighted by Gasteiger charge is -2.30. The van der Waals surface area contributed by atoms with E-state index in [0.717, 1.165) is 15.9 Å². The summed E-state index contributed by atoms with van der Waals surface area (Å²) in [4.78, 5) is 12.1. The number of nitrogens with zero attached hydrogens (tertiary/aromatic N) is 3. The largest absolute Gasteiger partial charge is 0.467 e. The van der Waals surface area contributed by atoms with Crippen molar-refractivity contribution in [1.82, 2.24) is 9.78 Å². The van der Waals surface area contributed by atoms with Gasteiger partial charge in [0.2, 0.25) is 0 Å². The van der Waals surface area contributed by atoms with Crippen molar-refractivity contribution >= 4 is 21.7 Å². The van der Waals surface area contributed by atoms with Crippen LogP contribution in [0.15, 0.2) is 65.8 Å². The summed E-state index contributed by atoms with van der Waals surface area (Å²) in [7, 11) is -3.08. The molecule has 2 aromatic carbocycles. The summed E-state index contributed by atoms with van der Waals surface area (Å²) in [5.41, 5.74) is 1.24. The highest BCUT2D eigenvalue weighted by molar-refractivity contribution is 7.93. The lowest BCUT2D eigenvalue weighted by Crippen LogP contribution is -2.45. The summed E-state index contributed by atoms with van der Waals surface area (Å²) in [5.74, 6) is -1.45. The zero-order chi connectivity index (χ0) is 21.9. The minimum Gasteiger partial charge on any atom is -0.467 e. The number of anilines is 1. The minimum atomic E-state index is -4.27. The Kier molecular flexibility index (Phi) is 6.21. The molecule has 30 heavy (non-hydrogen) atoms. The second-order valence-corrected chi connectivity index (χ2v) is 8.47. The number of methoxy groups -OCH3 is 1. The quantitative estimate of drug-likeness (QED) is 0.535. The first-order valence-corrected chi connectivity index (χ1v) is 10.7. The van der Waals surface area contributed by atoms with Crippen molar-refractivity contribution < 1.29 is 22.3 Å². The van der Waals surface area contributed by atoms with E-state index in [0.29, 0.717) is 0 Å². The molecule has 0 N–H and O–H groups in total. The van der Waals surface area contributed by atoms with E-state index in [4.69, 9.17) is 4.74 Å². The number of carbonyl (C=O) groups is 1. The predicted molar refractivity (Wildman–Crippen MR) is 110 cm³/mol. The SMILES string of the molecule is CC[C@H](C(=O)OC)N(c1ccccc1)S(=O)(=O)c1ccc(-n2cc(C)cn2)c(F)c1. The van der Waals surface area contributed by atoms with E-state index < -0.39 is 27.9 Å². The Balaban J connectivity index is 2.11. The van der Waals surface area contributed by atoms with Crippen LogP contribution in [-0.4, -0.2) is 37.3 Å². The molecule has 9 heteroatoms. The van der Waals surface area contributed by atoms with Crippen molar-refractivity contribution in [2.45, 2.75) is 31.2 Å². The molecule has 0 fully saturated rings. The smallest absolute Gasteiger partial charge is 0.329 e. The van der Waals surface area contributed by atoms with Crippen LogP contribution in [-0.2, 0) is 19.6 Å². The van der Waals surface area contributed by atoms with Crippen molar-refractivity contribution in [3.05, 3.63) is 72.3 Å². The summed E-state index contributed by atoms with van der Waals surface area (Å²) >= 11 is 0. The molecule has 0 saturated carbocycles. The van der Waals surface area contributed by atoms with Gasteiger partial charge in [0, 0.05) is 6.20 Å². The number of aromatic nitrogens is 2. The minimum absolute atomic E-state index is 0.119. The van der Waals surface area contributed by atoms with E-state index in [1.54, 1.807) is 49.6 Å². The van der Waals surface area contributed by atoms with Gasteiger partial charge in [0.1, 0.15) is 17.5 Å². The average Bonchev–Trinajstić information content (AvgIpc) is 3.17. The third-order valence-electron chi connectivity index (χ3n) is 4.59. The number of sulfonamides is 1. The fourth-order valence-electron chi connectivity index (χ4n) is 3.12. The molecule has 0 amide bonds. The number of halogens is 1. The maximum atomic E-state index is 14.8. The Morgan fingerprint density at radius 2 is 1.93 bits per heavy atom. The van der Waals surface area contributed by atoms with Gasteiger partial charge in [-0.15, -0.1) is 0 Å². The van der Waals surface area contributed by atoms with Gasteiger partial charge >= 0.3 is 5.97 Å².